The van der Waals surface area contributed by atoms with Crippen molar-refractivity contribution < 1.29 is 14.3 Å². The first kappa shape index (κ1) is 13.2. The Bertz CT molecular complexity index is 622. The van der Waals surface area contributed by atoms with Crippen LogP contribution in [0.4, 0.5) is 5.69 Å². The number of ether oxygens (including phenoxy) is 1. The lowest BCUT2D eigenvalue weighted by Crippen LogP contribution is -2.15. The molecule has 0 aliphatic rings. The van der Waals surface area contributed by atoms with Crippen LogP contribution in [0, 0.1) is 6.92 Å². The zero-order valence-corrected chi connectivity index (χ0v) is 11.3. The van der Waals surface area contributed by atoms with E-state index in [1.165, 1.54) is 18.4 Å². The van der Waals surface area contributed by atoms with Crippen LogP contribution in [0.2, 0.25) is 0 Å². The predicted octanol–water partition coefficient (Wildman–Crippen LogP) is 2.49. The number of aryl methyl sites for hydroxylation is 1. The second-order valence-electron chi connectivity index (χ2n) is 3.79. The second-order valence-corrected chi connectivity index (χ2v) is 4.64. The van der Waals surface area contributed by atoms with Crippen LogP contribution in [0.5, 0.6) is 0 Å². The summed E-state index contributed by atoms with van der Waals surface area (Å²) in [5, 5.41) is 4.81. The Morgan fingerprint density at radius 3 is 2.68 bits per heavy atom. The SMILES string of the molecule is COC(=O)c1ccccc1NC(=O)c1nc(C)cs1. The largest absolute Gasteiger partial charge is 0.465 e. The molecule has 0 unspecified atom stereocenters. The number of carbonyl (C=O) groups excluding carboxylic acids is 2. The van der Waals surface area contributed by atoms with E-state index in [1.807, 2.05) is 6.92 Å². The molecule has 98 valence electrons. The molecule has 0 saturated heterocycles. The number of hydrogen-bond donors (Lipinski definition) is 1. The number of rotatable bonds is 3. The molecular formula is C13H12N2O3S. The maximum atomic E-state index is 12.0. The van der Waals surface area contributed by atoms with Crippen molar-refractivity contribution in [3.8, 4) is 0 Å². The highest BCUT2D eigenvalue weighted by Crippen LogP contribution is 2.18. The van der Waals surface area contributed by atoms with Gasteiger partial charge in [0.1, 0.15) is 0 Å². The fourth-order valence-corrected chi connectivity index (χ4v) is 2.20. The number of thiazole rings is 1. The molecule has 1 aromatic heterocycles. The summed E-state index contributed by atoms with van der Waals surface area (Å²) in [5.74, 6) is -0.833. The van der Waals surface area contributed by atoms with E-state index in [1.54, 1.807) is 29.6 Å². The second kappa shape index (κ2) is 5.62. The molecule has 2 rings (SSSR count). The Balaban J connectivity index is 2.24. The molecule has 0 fully saturated rings. The molecule has 1 heterocycles. The number of nitrogens with one attached hydrogen (secondary N) is 1. The minimum Gasteiger partial charge on any atom is -0.465 e. The standard InChI is InChI=1S/C13H12N2O3S/c1-8-7-19-12(14-8)11(16)15-10-6-4-3-5-9(10)13(17)18-2/h3-7H,1-2H3,(H,15,16). The van der Waals surface area contributed by atoms with Gasteiger partial charge in [-0.2, -0.15) is 0 Å². The Labute approximate surface area is 114 Å². The molecule has 6 heteroatoms. The quantitative estimate of drug-likeness (QED) is 0.874. The minimum atomic E-state index is -0.494. The molecule has 0 atom stereocenters. The van der Waals surface area contributed by atoms with Crippen molar-refractivity contribution in [1.29, 1.82) is 0 Å². The molecule has 1 amide bonds. The zero-order chi connectivity index (χ0) is 13.8. The average Bonchev–Trinajstić information content (AvgIpc) is 2.85. The van der Waals surface area contributed by atoms with Gasteiger partial charge in [-0.25, -0.2) is 9.78 Å². The van der Waals surface area contributed by atoms with E-state index in [-0.39, 0.29) is 5.91 Å². The van der Waals surface area contributed by atoms with Crippen LogP contribution < -0.4 is 5.32 Å². The van der Waals surface area contributed by atoms with Crippen molar-refractivity contribution in [2.75, 3.05) is 12.4 Å². The first-order valence-electron chi connectivity index (χ1n) is 5.52. The van der Waals surface area contributed by atoms with Crippen molar-refractivity contribution >= 4 is 28.9 Å². The third kappa shape index (κ3) is 2.97. The summed E-state index contributed by atoms with van der Waals surface area (Å²) in [6.45, 7) is 1.82. The van der Waals surface area contributed by atoms with E-state index in [0.29, 0.717) is 16.3 Å². The fourth-order valence-electron chi connectivity index (χ4n) is 1.51. The van der Waals surface area contributed by atoms with Gasteiger partial charge in [-0.15, -0.1) is 11.3 Å². The van der Waals surface area contributed by atoms with Crippen LogP contribution in [0.25, 0.3) is 0 Å². The van der Waals surface area contributed by atoms with Crippen molar-refractivity contribution in [3.05, 3.63) is 45.9 Å². The van der Waals surface area contributed by atoms with E-state index in [9.17, 15) is 9.59 Å². The number of aromatic nitrogens is 1. The number of hydrogen-bond acceptors (Lipinski definition) is 5. The number of benzene rings is 1. The summed E-state index contributed by atoms with van der Waals surface area (Å²) < 4.78 is 4.67. The number of anilines is 1. The highest BCUT2D eigenvalue weighted by Gasteiger charge is 2.15. The predicted molar refractivity (Wildman–Crippen MR) is 72.6 cm³/mol. The van der Waals surface area contributed by atoms with Gasteiger partial charge in [-0.05, 0) is 19.1 Å². The molecule has 1 aromatic carbocycles. The lowest BCUT2D eigenvalue weighted by molar-refractivity contribution is 0.0602. The van der Waals surface area contributed by atoms with Crippen LogP contribution in [0.15, 0.2) is 29.6 Å². The van der Waals surface area contributed by atoms with E-state index in [4.69, 9.17) is 0 Å². The molecule has 0 bridgehead atoms. The lowest BCUT2D eigenvalue weighted by atomic mass is 10.2. The van der Waals surface area contributed by atoms with Crippen molar-refractivity contribution in [2.45, 2.75) is 6.92 Å². The minimum absolute atomic E-state index is 0.312. The number of para-hydroxylation sites is 1. The third-order valence-corrected chi connectivity index (χ3v) is 3.35. The number of amides is 1. The van der Waals surface area contributed by atoms with E-state index in [2.05, 4.69) is 15.0 Å². The maximum Gasteiger partial charge on any atom is 0.339 e. The Morgan fingerprint density at radius 1 is 1.32 bits per heavy atom. The van der Waals surface area contributed by atoms with E-state index >= 15 is 0 Å². The van der Waals surface area contributed by atoms with Gasteiger partial charge in [0.25, 0.3) is 5.91 Å². The Kier molecular flexibility index (Phi) is 3.91. The van der Waals surface area contributed by atoms with Gasteiger partial charge < -0.3 is 10.1 Å². The molecule has 0 spiro atoms. The monoisotopic (exact) mass is 276 g/mol. The molecule has 0 saturated carbocycles. The number of methoxy groups -OCH3 is 1. The van der Waals surface area contributed by atoms with Crippen molar-refractivity contribution in [3.63, 3.8) is 0 Å². The summed E-state index contributed by atoms with van der Waals surface area (Å²) in [7, 11) is 1.30. The number of carbonyl (C=O) groups is 2. The normalized spacial score (nSPS) is 10.0. The molecule has 0 aliphatic heterocycles. The van der Waals surface area contributed by atoms with E-state index < -0.39 is 5.97 Å². The first-order chi connectivity index (χ1) is 9.11. The molecular weight excluding hydrogens is 264 g/mol. The smallest absolute Gasteiger partial charge is 0.339 e. The van der Waals surface area contributed by atoms with Gasteiger partial charge in [0.05, 0.1) is 18.4 Å². The first-order valence-corrected chi connectivity index (χ1v) is 6.40. The highest BCUT2D eigenvalue weighted by atomic mass is 32.1. The molecule has 0 aliphatic carbocycles. The number of esters is 1. The van der Waals surface area contributed by atoms with Gasteiger partial charge in [0, 0.05) is 11.1 Å². The van der Waals surface area contributed by atoms with Gasteiger partial charge in [0.2, 0.25) is 0 Å². The van der Waals surface area contributed by atoms with Gasteiger partial charge >= 0.3 is 5.97 Å². The molecule has 1 N–H and O–H groups in total. The van der Waals surface area contributed by atoms with Gasteiger partial charge in [-0.3, -0.25) is 4.79 Å². The molecule has 2 aromatic rings. The Hall–Kier alpha value is -2.21. The summed E-state index contributed by atoms with van der Waals surface area (Å²) >= 11 is 1.26. The zero-order valence-electron chi connectivity index (χ0n) is 10.5. The summed E-state index contributed by atoms with van der Waals surface area (Å²) in [6.07, 6.45) is 0. The average molecular weight is 276 g/mol. The van der Waals surface area contributed by atoms with Crippen LogP contribution in [0.1, 0.15) is 25.9 Å². The fraction of sp³-hybridized carbons (Fsp3) is 0.154. The maximum absolute atomic E-state index is 12.0. The summed E-state index contributed by atoms with van der Waals surface area (Å²) in [6, 6.07) is 6.67. The lowest BCUT2D eigenvalue weighted by Gasteiger charge is -2.08. The van der Waals surface area contributed by atoms with Crippen molar-refractivity contribution in [1.82, 2.24) is 4.98 Å². The molecule has 0 radical (unpaired) electrons. The van der Waals surface area contributed by atoms with Crippen LogP contribution in [0.3, 0.4) is 0 Å². The van der Waals surface area contributed by atoms with Gasteiger partial charge in [0.15, 0.2) is 5.01 Å². The third-order valence-electron chi connectivity index (χ3n) is 2.39. The van der Waals surface area contributed by atoms with Crippen LogP contribution in [-0.2, 0) is 4.74 Å². The Morgan fingerprint density at radius 2 is 2.05 bits per heavy atom. The van der Waals surface area contributed by atoms with Crippen LogP contribution >= 0.6 is 11.3 Å². The van der Waals surface area contributed by atoms with Gasteiger partial charge in [-0.1, -0.05) is 12.1 Å². The summed E-state index contributed by atoms with van der Waals surface area (Å²) in [5.41, 5.74) is 1.51. The molecule has 5 nitrogen and oxygen atoms in total. The van der Waals surface area contributed by atoms with Crippen LogP contribution in [-0.4, -0.2) is 24.0 Å². The highest BCUT2D eigenvalue weighted by molar-refractivity contribution is 7.11. The summed E-state index contributed by atoms with van der Waals surface area (Å²) in [4.78, 5) is 27.6. The topological polar surface area (TPSA) is 68.3 Å². The van der Waals surface area contributed by atoms with E-state index in [0.717, 1.165) is 5.69 Å². The molecule has 19 heavy (non-hydrogen) atoms. The number of nitrogens with zero attached hydrogens (tertiary/aromatic N) is 1. The van der Waals surface area contributed by atoms with Crippen molar-refractivity contribution in [2.24, 2.45) is 0 Å².